The summed E-state index contributed by atoms with van der Waals surface area (Å²) in [5.74, 6) is 0.0508. The second-order valence-electron chi connectivity index (χ2n) is 3.68. The van der Waals surface area contributed by atoms with Crippen LogP contribution >= 0.6 is 0 Å². The summed E-state index contributed by atoms with van der Waals surface area (Å²) in [6, 6.07) is 2.37. The van der Waals surface area contributed by atoms with Crippen molar-refractivity contribution in [3.8, 4) is 5.88 Å². The van der Waals surface area contributed by atoms with Crippen LogP contribution in [0, 0.1) is 10.1 Å². The van der Waals surface area contributed by atoms with Crippen LogP contribution in [0.1, 0.15) is 12.8 Å². The number of hydrogen-bond acceptors (Lipinski definition) is 6. The predicted molar refractivity (Wildman–Crippen MR) is 57.7 cm³/mol. The standard InChI is InChI=1S/C9H10N2O5S/c1-16-8-5-4-7(11(12)13)9(10-8)17(14,15)6-2-3-6/h4-6H,2-3H2,1H3. The SMILES string of the molecule is COc1ccc([N+](=O)[O-])c(S(=O)(=O)C2CC2)n1. The highest BCUT2D eigenvalue weighted by Gasteiger charge is 2.42. The van der Waals surface area contributed by atoms with Crippen LogP contribution in [0.25, 0.3) is 0 Å². The Bertz CT molecular complexity index is 565. The van der Waals surface area contributed by atoms with Crippen molar-refractivity contribution in [2.75, 3.05) is 7.11 Å². The Morgan fingerprint density at radius 2 is 2.12 bits per heavy atom. The second-order valence-corrected chi connectivity index (χ2v) is 5.82. The van der Waals surface area contributed by atoms with E-state index in [4.69, 9.17) is 4.74 Å². The highest BCUT2D eigenvalue weighted by Crippen LogP contribution is 2.36. The van der Waals surface area contributed by atoms with Crippen LogP contribution in [0.2, 0.25) is 0 Å². The van der Waals surface area contributed by atoms with Crippen molar-refractivity contribution in [3.63, 3.8) is 0 Å². The zero-order valence-corrected chi connectivity index (χ0v) is 9.81. The molecule has 1 aliphatic carbocycles. The van der Waals surface area contributed by atoms with Crippen molar-refractivity contribution in [1.29, 1.82) is 0 Å². The Morgan fingerprint density at radius 3 is 2.59 bits per heavy atom. The van der Waals surface area contributed by atoms with E-state index < -0.39 is 30.7 Å². The third-order valence-electron chi connectivity index (χ3n) is 2.45. The molecule has 1 fully saturated rings. The summed E-state index contributed by atoms with van der Waals surface area (Å²) in [4.78, 5) is 13.7. The van der Waals surface area contributed by atoms with E-state index in [1.807, 2.05) is 0 Å². The molecule has 0 atom stereocenters. The van der Waals surface area contributed by atoms with E-state index in [1.165, 1.54) is 13.2 Å². The summed E-state index contributed by atoms with van der Waals surface area (Å²) in [6.45, 7) is 0. The Hall–Kier alpha value is -1.70. The first-order valence-corrected chi connectivity index (χ1v) is 6.45. The zero-order valence-electron chi connectivity index (χ0n) is 8.99. The number of pyridine rings is 1. The fourth-order valence-electron chi connectivity index (χ4n) is 1.41. The van der Waals surface area contributed by atoms with Crippen LogP contribution < -0.4 is 4.74 Å². The van der Waals surface area contributed by atoms with E-state index in [2.05, 4.69) is 4.98 Å². The molecule has 0 saturated heterocycles. The van der Waals surface area contributed by atoms with E-state index in [9.17, 15) is 18.5 Å². The van der Waals surface area contributed by atoms with Crippen molar-refractivity contribution >= 4 is 15.5 Å². The minimum atomic E-state index is -3.71. The molecule has 0 spiro atoms. The first kappa shape index (κ1) is 11.8. The summed E-state index contributed by atoms with van der Waals surface area (Å²) in [6.07, 6.45) is 1.05. The first-order valence-electron chi connectivity index (χ1n) is 4.90. The van der Waals surface area contributed by atoms with Gasteiger partial charge in [-0.3, -0.25) is 10.1 Å². The van der Waals surface area contributed by atoms with Gasteiger partial charge in [-0.2, -0.15) is 4.98 Å². The zero-order chi connectivity index (χ0) is 12.6. The van der Waals surface area contributed by atoms with Gasteiger partial charge in [0.1, 0.15) is 0 Å². The predicted octanol–water partition coefficient (Wildman–Crippen LogP) is 0.934. The number of hydrogen-bond donors (Lipinski definition) is 0. The van der Waals surface area contributed by atoms with Crippen LogP contribution in [0.4, 0.5) is 5.69 Å². The average molecular weight is 258 g/mol. The van der Waals surface area contributed by atoms with Gasteiger partial charge in [0.2, 0.25) is 20.7 Å². The average Bonchev–Trinajstić information content (AvgIpc) is 3.12. The maximum absolute atomic E-state index is 12.0. The Morgan fingerprint density at radius 1 is 1.47 bits per heavy atom. The van der Waals surface area contributed by atoms with Crippen LogP contribution in [0.5, 0.6) is 5.88 Å². The number of aromatic nitrogens is 1. The topological polar surface area (TPSA) is 99.4 Å². The number of rotatable bonds is 4. The first-order chi connectivity index (χ1) is 7.96. The molecule has 8 heteroatoms. The van der Waals surface area contributed by atoms with Gasteiger partial charge >= 0.3 is 5.69 Å². The van der Waals surface area contributed by atoms with Gasteiger partial charge in [-0.05, 0) is 12.8 Å². The van der Waals surface area contributed by atoms with Crippen molar-refractivity contribution in [2.24, 2.45) is 0 Å². The lowest BCUT2D eigenvalue weighted by atomic mass is 10.4. The summed E-state index contributed by atoms with van der Waals surface area (Å²) >= 11 is 0. The Balaban J connectivity index is 2.60. The summed E-state index contributed by atoms with van der Waals surface area (Å²) in [5.41, 5.74) is -0.502. The van der Waals surface area contributed by atoms with Gasteiger partial charge in [0.25, 0.3) is 0 Å². The number of methoxy groups -OCH3 is 1. The molecular formula is C9H10N2O5S. The third-order valence-corrected chi connectivity index (χ3v) is 4.64. The molecular weight excluding hydrogens is 248 g/mol. The maximum atomic E-state index is 12.0. The third kappa shape index (κ3) is 2.07. The van der Waals surface area contributed by atoms with Gasteiger partial charge in [-0.15, -0.1) is 0 Å². The van der Waals surface area contributed by atoms with Gasteiger partial charge in [-0.25, -0.2) is 8.42 Å². The van der Waals surface area contributed by atoms with Crippen molar-refractivity contribution < 1.29 is 18.1 Å². The minimum Gasteiger partial charge on any atom is -0.481 e. The number of nitro groups is 1. The quantitative estimate of drug-likeness (QED) is 0.588. The fraction of sp³-hybridized carbons (Fsp3) is 0.444. The number of ether oxygens (including phenoxy) is 1. The molecule has 17 heavy (non-hydrogen) atoms. The highest BCUT2D eigenvalue weighted by molar-refractivity contribution is 7.92. The fourth-order valence-corrected chi connectivity index (χ4v) is 3.14. The molecule has 0 N–H and O–H groups in total. The largest absolute Gasteiger partial charge is 0.481 e. The van der Waals surface area contributed by atoms with Crippen molar-refractivity contribution in [2.45, 2.75) is 23.1 Å². The smallest absolute Gasteiger partial charge is 0.306 e. The van der Waals surface area contributed by atoms with E-state index in [0.717, 1.165) is 6.07 Å². The maximum Gasteiger partial charge on any atom is 0.306 e. The Kier molecular flexibility index (Phi) is 2.74. The van der Waals surface area contributed by atoms with Crippen LogP contribution in [-0.4, -0.2) is 30.7 Å². The lowest BCUT2D eigenvalue weighted by Crippen LogP contribution is -2.12. The molecule has 0 aliphatic heterocycles. The van der Waals surface area contributed by atoms with Crippen LogP contribution in [0.3, 0.4) is 0 Å². The van der Waals surface area contributed by atoms with Gasteiger partial charge in [0, 0.05) is 12.1 Å². The summed E-state index contributed by atoms with van der Waals surface area (Å²) < 4.78 is 28.7. The summed E-state index contributed by atoms with van der Waals surface area (Å²) in [5, 5.41) is 9.73. The second kappa shape index (κ2) is 3.95. The number of nitrogens with zero attached hydrogens (tertiary/aromatic N) is 2. The molecule has 0 bridgehead atoms. The van der Waals surface area contributed by atoms with E-state index in [1.54, 1.807) is 0 Å². The molecule has 2 rings (SSSR count). The number of sulfone groups is 1. The normalized spacial score (nSPS) is 15.6. The molecule has 1 saturated carbocycles. The van der Waals surface area contributed by atoms with Gasteiger partial charge in [0.15, 0.2) is 0 Å². The minimum absolute atomic E-state index is 0.0508. The van der Waals surface area contributed by atoms with Crippen LogP contribution in [-0.2, 0) is 9.84 Å². The molecule has 0 unspecified atom stereocenters. The Labute approximate surface area is 97.5 Å². The monoisotopic (exact) mass is 258 g/mol. The summed E-state index contributed by atoms with van der Waals surface area (Å²) in [7, 11) is -2.39. The molecule has 1 heterocycles. The molecule has 0 amide bonds. The van der Waals surface area contributed by atoms with Gasteiger partial charge < -0.3 is 4.74 Å². The molecule has 1 aromatic rings. The van der Waals surface area contributed by atoms with Gasteiger partial charge in [0.05, 0.1) is 17.3 Å². The van der Waals surface area contributed by atoms with E-state index >= 15 is 0 Å². The molecule has 1 aliphatic rings. The molecule has 1 aromatic heterocycles. The molecule has 92 valence electrons. The van der Waals surface area contributed by atoms with E-state index in [-0.39, 0.29) is 5.88 Å². The van der Waals surface area contributed by atoms with E-state index in [0.29, 0.717) is 12.8 Å². The lowest BCUT2D eigenvalue weighted by Gasteiger charge is -2.04. The lowest BCUT2D eigenvalue weighted by molar-refractivity contribution is -0.388. The van der Waals surface area contributed by atoms with Crippen molar-refractivity contribution in [1.82, 2.24) is 4.98 Å². The molecule has 0 aromatic carbocycles. The van der Waals surface area contributed by atoms with Crippen molar-refractivity contribution in [3.05, 3.63) is 22.2 Å². The van der Waals surface area contributed by atoms with Gasteiger partial charge in [-0.1, -0.05) is 0 Å². The van der Waals surface area contributed by atoms with Crippen LogP contribution in [0.15, 0.2) is 17.2 Å². The molecule has 0 radical (unpaired) electrons. The molecule has 7 nitrogen and oxygen atoms in total. The highest BCUT2D eigenvalue weighted by atomic mass is 32.2.